The summed E-state index contributed by atoms with van der Waals surface area (Å²) in [6.07, 6.45) is -3.94. The van der Waals surface area contributed by atoms with E-state index in [9.17, 15) is 18.0 Å². The Morgan fingerprint density at radius 1 is 1.17 bits per heavy atom. The molecule has 7 heteroatoms. The average Bonchev–Trinajstić information content (AvgIpc) is 2.52. The van der Waals surface area contributed by atoms with E-state index >= 15 is 0 Å². The second-order valence-electron chi connectivity index (χ2n) is 6.44. The monoisotopic (exact) mass is 343 g/mol. The van der Waals surface area contributed by atoms with E-state index in [0.717, 1.165) is 0 Å². The summed E-state index contributed by atoms with van der Waals surface area (Å²) >= 11 is 0. The molecule has 1 heterocycles. The van der Waals surface area contributed by atoms with Crippen LogP contribution in [0.3, 0.4) is 0 Å². The van der Waals surface area contributed by atoms with Crippen LogP contribution in [0.5, 0.6) is 0 Å². The molecule has 4 nitrogen and oxygen atoms in total. The Labute approximate surface area is 140 Å². The second-order valence-corrected chi connectivity index (χ2v) is 6.44. The van der Waals surface area contributed by atoms with Crippen molar-refractivity contribution in [3.05, 3.63) is 29.3 Å². The molecule has 0 aromatic heterocycles. The zero-order valence-corrected chi connectivity index (χ0v) is 14.4. The number of carbonyl (C=O) groups is 1. The third kappa shape index (κ3) is 4.63. The fraction of sp³-hybridized carbons (Fsp3) is 0.588. The van der Waals surface area contributed by atoms with Gasteiger partial charge in [0.25, 0.3) is 0 Å². The number of anilines is 1. The minimum atomic E-state index is -4.37. The molecule has 0 saturated carbocycles. The number of hydrogen-bond donors (Lipinski definition) is 0. The van der Waals surface area contributed by atoms with E-state index in [1.54, 1.807) is 22.8 Å². The number of aryl methyl sites for hydroxylation is 1. The lowest BCUT2D eigenvalue weighted by Gasteiger charge is -2.37. The summed E-state index contributed by atoms with van der Waals surface area (Å²) in [6, 6.07) is 4.41. The molecule has 1 aromatic rings. The van der Waals surface area contributed by atoms with Crippen molar-refractivity contribution in [1.82, 2.24) is 9.80 Å². The van der Waals surface area contributed by atoms with Gasteiger partial charge in [0.2, 0.25) is 5.91 Å². The molecule has 1 aliphatic heterocycles. The van der Waals surface area contributed by atoms with E-state index in [-0.39, 0.29) is 11.6 Å². The van der Waals surface area contributed by atoms with Crippen LogP contribution in [0.4, 0.5) is 18.9 Å². The molecule has 0 unspecified atom stereocenters. The fourth-order valence-electron chi connectivity index (χ4n) is 2.83. The van der Waals surface area contributed by atoms with Crippen molar-refractivity contribution in [2.75, 3.05) is 51.7 Å². The topological polar surface area (TPSA) is 26.8 Å². The third-order valence-corrected chi connectivity index (χ3v) is 4.20. The highest BCUT2D eigenvalue weighted by Gasteiger charge is 2.35. The van der Waals surface area contributed by atoms with E-state index in [4.69, 9.17) is 0 Å². The Hall–Kier alpha value is -1.76. The molecular formula is C17H24F3N3O. The van der Waals surface area contributed by atoms with Gasteiger partial charge in [0.15, 0.2) is 0 Å². The average molecular weight is 343 g/mol. The molecule has 0 aliphatic carbocycles. The first-order valence-corrected chi connectivity index (χ1v) is 8.04. The minimum absolute atomic E-state index is 0.0586. The van der Waals surface area contributed by atoms with Gasteiger partial charge in [-0.3, -0.25) is 4.79 Å². The Kier molecular flexibility index (Phi) is 5.74. The first-order valence-electron chi connectivity index (χ1n) is 8.04. The van der Waals surface area contributed by atoms with E-state index in [0.29, 0.717) is 44.7 Å². The van der Waals surface area contributed by atoms with Crippen LogP contribution in [0.15, 0.2) is 18.2 Å². The summed E-state index contributed by atoms with van der Waals surface area (Å²) in [5.41, 5.74) is 0.187. The van der Waals surface area contributed by atoms with Gasteiger partial charge >= 0.3 is 6.18 Å². The van der Waals surface area contributed by atoms with Crippen LogP contribution in [0.25, 0.3) is 0 Å². The number of alkyl halides is 3. The predicted molar refractivity (Wildman–Crippen MR) is 88.1 cm³/mol. The highest BCUT2D eigenvalue weighted by molar-refractivity contribution is 5.76. The minimum Gasteiger partial charge on any atom is -0.367 e. The molecule has 1 aliphatic rings. The molecule has 2 rings (SSSR count). The SMILES string of the molecule is Cc1ccc(N2CCN(C(=O)CCN(C)C)CC2)c(C(F)(F)F)c1. The van der Waals surface area contributed by atoms with Crippen LogP contribution < -0.4 is 4.90 Å². The molecule has 0 radical (unpaired) electrons. The summed E-state index contributed by atoms with van der Waals surface area (Å²) in [5, 5.41) is 0. The van der Waals surface area contributed by atoms with Crippen molar-refractivity contribution < 1.29 is 18.0 Å². The van der Waals surface area contributed by atoms with Crippen LogP contribution in [-0.2, 0) is 11.0 Å². The third-order valence-electron chi connectivity index (χ3n) is 4.20. The summed E-state index contributed by atoms with van der Waals surface area (Å²) in [6.45, 7) is 4.07. The van der Waals surface area contributed by atoms with Gasteiger partial charge in [-0.1, -0.05) is 11.6 Å². The number of halogens is 3. The maximum atomic E-state index is 13.3. The van der Waals surface area contributed by atoms with Crippen molar-refractivity contribution in [2.24, 2.45) is 0 Å². The maximum Gasteiger partial charge on any atom is 0.418 e. The highest BCUT2D eigenvalue weighted by atomic mass is 19.4. The standard InChI is InChI=1S/C17H24F3N3O/c1-13-4-5-15(14(12-13)17(18,19)20)22-8-10-23(11-9-22)16(24)6-7-21(2)3/h4-5,12H,6-11H2,1-3H3. The quantitative estimate of drug-likeness (QED) is 0.841. The molecule has 0 bridgehead atoms. The summed E-state index contributed by atoms with van der Waals surface area (Å²) < 4.78 is 39.8. The number of rotatable bonds is 4. The van der Waals surface area contributed by atoms with Gasteiger partial charge in [-0.2, -0.15) is 13.2 Å². The normalized spacial score (nSPS) is 16.0. The van der Waals surface area contributed by atoms with Gasteiger partial charge in [-0.05, 0) is 33.2 Å². The summed E-state index contributed by atoms with van der Waals surface area (Å²) in [7, 11) is 3.81. The number of carbonyl (C=O) groups excluding carboxylic acids is 1. The Balaban J connectivity index is 2.04. The van der Waals surface area contributed by atoms with Crippen LogP contribution >= 0.6 is 0 Å². The predicted octanol–water partition coefficient (Wildman–Crippen LogP) is 2.61. The first kappa shape index (κ1) is 18.6. The highest BCUT2D eigenvalue weighted by Crippen LogP contribution is 2.37. The van der Waals surface area contributed by atoms with Gasteiger partial charge in [0.1, 0.15) is 0 Å². The van der Waals surface area contributed by atoms with Crippen LogP contribution in [0.2, 0.25) is 0 Å². The number of benzene rings is 1. The molecule has 1 fully saturated rings. The molecular weight excluding hydrogens is 319 g/mol. The lowest BCUT2D eigenvalue weighted by atomic mass is 10.1. The van der Waals surface area contributed by atoms with Crippen molar-refractivity contribution >= 4 is 11.6 Å². The molecule has 0 spiro atoms. The Bertz CT molecular complexity index is 579. The zero-order valence-electron chi connectivity index (χ0n) is 14.4. The molecule has 1 saturated heterocycles. The van der Waals surface area contributed by atoms with Crippen molar-refractivity contribution in [3.63, 3.8) is 0 Å². The lowest BCUT2D eigenvalue weighted by Crippen LogP contribution is -2.49. The number of hydrogen-bond acceptors (Lipinski definition) is 3. The number of nitrogens with zero attached hydrogens (tertiary/aromatic N) is 3. The first-order chi connectivity index (χ1) is 11.2. The van der Waals surface area contributed by atoms with Crippen molar-refractivity contribution in [2.45, 2.75) is 19.5 Å². The van der Waals surface area contributed by atoms with Gasteiger partial charge in [0, 0.05) is 44.8 Å². The molecule has 0 N–H and O–H groups in total. The van der Waals surface area contributed by atoms with Crippen LogP contribution in [-0.4, -0.2) is 62.5 Å². The van der Waals surface area contributed by atoms with E-state index in [2.05, 4.69) is 0 Å². The van der Waals surface area contributed by atoms with E-state index in [1.165, 1.54) is 12.1 Å². The fourth-order valence-corrected chi connectivity index (χ4v) is 2.83. The van der Waals surface area contributed by atoms with Gasteiger partial charge in [-0.25, -0.2) is 0 Å². The van der Waals surface area contributed by atoms with Crippen molar-refractivity contribution in [1.29, 1.82) is 0 Å². The second kappa shape index (κ2) is 7.42. The molecule has 0 atom stereocenters. The Morgan fingerprint density at radius 2 is 1.79 bits per heavy atom. The number of piperazine rings is 1. The van der Waals surface area contributed by atoms with Crippen molar-refractivity contribution in [3.8, 4) is 0 Å². The van der Waals surface area contributed by atoms with Gasteiger partial charge in [-0.15, -0.1) is 0 Å². The van der Waals surface area contributed by atoms with Gasteiger partial charge < -0.3 is 14.7 Å². The van der Waals surface area contributed by atoms with Crippen LogP contribution in [0, 0.1) is 6.92 Å². The van der Waals surface area contributed by atoms with E-state index < -0.39 is 11.7 Å². The summed E-state index contributed by atoms with van der Waals surface area (Å²) in [5.74, 6) is 0.0586. The number of amides is 1. The largest absolute Gasteiger partial charge is 0.418 e. The molecule has 134 valence electrons. The lowest BCUT2D eigenvalue weighted by molar-refractivity contribution is -0.137. The maximum absolute atomic E-state index is 13.3. The molecule has 1 amide bonds. The Morgan fingerprint density at radius 3 is 2.33 bits per heavy atom. The zero-order chi connectivity index (χ0) is 17.9. The van der Waals surface area contributed by atoms with Gasteiger partial charge in [0.05, 0.1) is 5.56 Å². The summed E-state index contributed by atoms with van der Waals surface area (Å²) in [4.78, 5) is 17.5. The molecule has 24 heavy (non-hydrogen) atoms. The molecule has 1 aromatic carbocycles. The van der Waals surface area contributed by atoms with Crippen LogP contribution in [0.1, 0.15) is 17.5 Å². The smallest absolute Gasteiger partial charge is 0.367 e. The van der Waals surface area contributed by atoms with E-state index in [1.807, 2.05) is 19.0 Å².